The van der Waals surface area contributed by atoms with Crippen molar-refractivity contribution in [2.24, 2.45) is 11.8 Å². The number of ether oxygens (including phenoxy) is 1. The van der Waals surface area contributed by atoms with E-state index in [1.54, 1.807) is 0 Å². The third kappa shape index (κ3) is 8.24. The summed E-state index contributed by atoms with van der Waals surface area (Å²) in [6.45, 7) is 13.9. The summed E-state index contributed by atoms with van der Waals surface area (Å²) >= 11 is 0. The second-order valence-corrected chi connectivity index (χ2v) is 6.65. The first kappa shape index (κ1) is 21.0. The average Bonchev–Trinajstić information content (AvgIpc) is 2.52. The molecule has 0 aliphatic rings. The molecule has 1 nitrogen and oxygen atoms in total. The van der Waals surface area contributed by atoms with E-state index in [4.69, 9.17) is 4.74 Å². The van der Waals surface area contributed by atoms with Gasteiger partial charge in [0.1, 0.15) is 0 Å². The van der Waals surface area contributed by atoms with Gasteiger partial charge in [0.2, 0.25) is 0 Å². The molecule has 0 radical (unpaired) electrons. The zero-order valence-electron chi connectivity index (χ0n) is 15.8. The van der Waals surface area contributed by atoms with Crippen molar-refractivity contribution in [1.29, 1.82) is 0 Å². The van der Waals surface area contributed by atoms with Crippen molar-refractivity contribution >= 4 is 0 Å². The van der Waals surface area contributed by atoms with Crippen molar-refractivity contribution in [1.82, 2.24) is 0 Å². The molecule has 0 saturated carbocycles. The molecule has 0 heterocycles. The molecule has 0 aliphatic carbocycles. The van der Waals surface area contributed by atoms with Crippen molar-refractivity contribution in [3.63, 3.8) is 0 Å². The van der Waals surface area contributed by atoms with E-state index in [1.165, 1.54) is 64.2 Å². The van der Waals surface area contributed by atoms with E-state index in [1.807, 2.05) is 0 Å². The second-order valence-electron chi connectivity index (χ2n) is 6.65. The van der Waals surface area contributed by atoms with Gasteiger partial charge in [-0.1, -0.05) is 80.1 Å². The van der Waals surface area contributed by atoms with Crippen LogP contribution in [0.25, 0.3) is 0 Å². The molecule has 0 saturated heterocycles. The van der Waals surface area contributed by atoms with Crippen molar-refractivity contribution in [3.05, 3.63) is 0 Å². The number of hydrogen-bond acceptors (Lipinski definition) is 1. The van der Waals surface area contributed by atoms with Crippen molar-refractivity contribution < 1.29 is 4.74 Å². The van der Waals surface area contributed by atoms with E-state index in [2.05, 4.69) is 41.5 Å². The van der Waals surface area contributed by atoms with Gasteiger partial charge in [-0.2, -0.15) is 0 Å². The SMILES string of the molecule is CCCCC(CC)C(CC)OC(CC)C(CC)CCCC. The summed E-state index contributed by atoms with van der Waals surface area (Å²) in [6.07, 6.45) is 13.8. The van der Waals surface area contributed by atoms with Gasteiger partial charge in [0.15, 0.2) is 0 Å². The van der Waals surface area contributed by atoms with Crippen LogP contribution in [0.2, 0.25) is 0 Å². The molecule has 128 valence electrons. The fourth-order valence-electron chi connectivity index (χ4n) is 3.54. The Hall–Kier alpha value is -0.0400. The molecule has 21 heavy (non-hydrogen) atoms. The minimum atomic E-state index is 0.474. The van der Waals surface area contributed by atoms with E-state index >= 15 is 0 Å². The lowest BCUT2D eigenvalue weighted by atomic mass is 9.89. The summed E-state index contributed by atoms with van der Waals surface area (Å²) in [5.74, 6) is 1.51. The lowest BCUT2D eigenvalue weighted by Crippen LogP contribution is -2.32. The third-order valence-corrected chi connectivity index (χ3v) is 5.11. The Morgan fingerprint density at radius 1 is 0.571 bits per heavy atom. The van der Waals surface area contributed by atoms with Crippen LogP contribution in [0.3, 0.4) is 0 Å². The van der Waals surface area contributed by atoms with Gasteiger partial charge in [0.25, 0.3) is 0 Å². The van der Waals surface area contributed by atoms with Crippen LogP contribution in [0.1, 0.15) is 106 Å². The van der Waals surface area contributed by atoms with Crippen LogP contribution in [0.5, 0.6) is 0 Å². The van der Waals surface area contributed by atoms with Gasteiger partial charge in [-0.3, -0.25) is 0 Å². The molecule has 0 rings (SSSR count). The minimum Gasteiger partial charge on any atom is -0.374 e. The quantitative estimate of drug-likeness (QED) is 0.335. The first-order valence-electron chi connectivity index (χ1n) is 9.83. The molecule has 1 heteroatoms. The van der Waals surface area contributed by atoms with Gasteiger partial charge in [0.05, 0.1) is 12.2 Å². The highest BCUT2D eigenvalue weighted by molar-refractivity contribution is 4.74. The maximum absolute atomic E-state index is 6.65. The Morgan fingerprint density at radius 2 is 0.952 bits per heavy atom. The molecule has 0 spiro atoms. The Kier molecular flexibility index (Phi) is 13.6. The molecule has 0 aromatic rings. The monoisotopic (exact) mass is 298 g/mol. The highest BCUT2D eigenvalue weighted by Gasteiger charge is 2.26. The van der Waals surface area contributed by atoms with Gasteiger partial charge >= 0.3 is 0 Å². The summed E-state index contributed by atoms with van der Waals surface area (Å²) in [5.41, 5.74) is 0. The molecule has 0 aromatic heterocycles. The van der Waals surface area contributed by atoms with Crippen LogP contribution in [0.4, 0.5) is 0 Å². The fraction of sp³-hybridized carbons (Fsp3) is 1.00. The minimum absolute atomic E-state index is 0.474. The van der Waals surface area contributed by atoms with E-state index in [-0.39, 0.29) is 0 Å². The Morgan fingerprint density at radius 3 is 1.19 bits per heavy atom. The normalized spacial score (nSPS) is 17.4. The molecule has 0 amide bonds. The third-order valence-electron chi connectivity index (χ3n) is 5.11. The average molecular weight is 299 g/mol. The second kappa shape index (κ2) is 13.6. The van der Waals surface area contributed by atoms with Gasteiger partial charge in [-0.15, -0.1) is 0 Å². The van der Waals surface area contributed by atoms with Gasteiger partial charge in [-0.05, 0) is 37.5 Å². The lowest BCUT2D eigenvalue weighted by Gasteiger charge is -2.33. The molecule has 0 fully saturated rings. The molecule has 0 bridgehead atoms. The predicted octanol–water partition coefficient (Wildman–Crippen LogP) is 6.99. The first-order chi connectivity index (χ1) is 10.2. The zero-order chi connectivity index (χ0) is 16.1. The summed E-state index contributed by atoms with van der Waals surface area (Å²) in [5, 5.41) is 0. The van der Waals surface area contributed by atoms with Crippen LogP contribution < -0.4 is 0 Å². The van der Waals surface area contributed by atoms with Crippen LogP contribution >= 0.6 is 0 Å². The van der Waals surface area contributed by atoms with E-state index in [0.717, 1.165) is 11.8 Å². The number of hydrogen-bond donors (Lipinski definition) is 0. The fourth-order valence-corrected chi connectivity index (χ4v) is 3.54. The Balaban J connectivity index is 4.62. The van der Waals surface area contributed by atoms with Crippen LogP contribution in [0, 0.1) is 11.8 Å². The summed E-state index contributed by atoms with van der Waals surface area (Å²) < 4.78 is 6.65. The van der Waals surface area contributed by atoms with Gasteiger partial charge < -0.3 is 4.74 Å². The highest BCUT2D eigenvalue weighted by Crippen LogP contribution is 2.28. The lowest BCUT2D eigenvalue weighted by molar-refractivity contribution is -0.0766. The standard InChI is InChI=1S/C20H42O/c1-7-13-15-17(9-3)19(11-5)21-20(12-6)18(10-4)16-14-8-2/h17-20H,7-16H2,1-6H3. The van der Waals surface area contributed by atoms with Crippen LogP contribution in [-0.4, -0.2) is 12.2 Å². The number of rotatable bonds is 14. The predicted molar refractivity (Wildman–Crippen MR) is 95.9 cm³/mol. The smallest absolute Gasteiger partial charge is 0.0604 e. The van der Waals surface area contributed by atoms with E-state index in [9.17, 15) is 0 Å². The van der Waals surface area contributed by atoms with Crippen LogP contribution in [0.15, 0.2) is 0 Å². The molecule has 0 aliphatic heterocycles. The summed E-state index contributed by atoms with van der Waals surface area (Å²) in [6, 6.07) is 0. The van der Waals surface area contributed by atoms with Crippen molar-refractivity contribution in [3.8, 4) is 0 Å². The highest BCUT2D eigenvalue weighted by atomic mass is 16.5. The molecule has 0 aromatic carbocycles. The summed E-state index contributed by atoms with van der Waals surface area (Å²) in [4.78, 5) is 0. The Labute approximate surface area is 135 Å². The van der Waals surface area contributed by atoms with E-state index < -0.39 is 0 Å². The molecule has 4 atom stereocenters. The largest absolute Gasteiger partial charge is 0.374 e. The van der Waals surface area contributed by atoms with Gasteiger partial charge in [0, 0.05) is 0 Å². The summed E-state index contributed by atoms with van der Waals surface area (Å²) in [7, 11) is 0. The van der Waals surface area contributed by atoms with Crippen LogP contribution in [-0.2, 0) is 4.74 Å². The first-order valence-corrected chi connectivity index (χ1v) is 9.83. The topological polar surface area (TPSA) is 9.23 Å². The molecule has 4 unspecified atom stereocenters. The van der Waals surface area contributed by atoms with Crippen molar-refractivity contribution in [2.75, 3.05) is 0 Å². The van der Waals surface area contributed by atoms with Gasteiger partial charge in [-0.25, -0.2) is 0 Å². The van der Waals surface area contributed by atoms with E-state index in [0.29, 0.717) is 12.2 Å². The molecule has 0 N–H and O–H groups in total. The zero-order valence-corrected chi connectivity index (χ0v) is 15.8. The maximum atomic E-state index is 6.65. The molecular formula is C20H42O. The molecular weight excluding hydrogens is 256 g/mol. The van der Waals surface area contributed by atoms with Crippen molar-refractivity contribution in [2.45, 2.75) is 118 Å². The number of unbranched alkanes of at least 4 members (excludes halogenated alkanes) is 2. The Bertz CT molecular complexity index is 192. The maximum Gasteiger partial charge on any atom is 0.0604 e.